The third-order valence-electron chi connectivity index (χ3n) is 3.85. The molecule has 1 aromatic carbocycles. The van der Waals surface area contributed by atoms with Gasteiger partial charge in [-0.1, -0.05) is 0 Å². The number of alkyl halides is 2. The van der Waals surface area contributed by atoms with Crippen molar-refractivity contribution in [1.29, 1.82) is 0 Å². The molecule has 0 amide bonds. The SMILES string of the molecule is CC1(C)OCC(N)=N[C@](C)(c2cc(Br)c(F)cc2F)C1(F)F. The van der Waals surface area contributed by atoms with E-state index in [1.54, 1.807) is 0 Å². The van der Waals surface area contributed by atoms with Crippen LogP contribution in [-0.2, 0) is 10.3 Å². The zero-order valence-corrected chi connectivity index (χ0v) is 13.8. The van der Waals surface area contributed by atoms with Crippen LogP contribution in [0.25, 0.3) is 0 Å². The number of amidine groups is 1. The number of aliphatic imine (C=N–C) groups is 1. The molecule has 0 saturated heterocycles. The Morgan fingerprint density at radius 1 is 1.18 bits per heavy atom. The molecule has 1 aliphatic heterocycles. The van der Waals surface area contributed by atoms with Gasteiger partial charge in [0.15, 0.2) is 5.54 Å². The van der Waals surface area contributed by atoms with Crippen molar-refractivity contribution in [3.8, 4) is 0 Å². The van der Waals surface area contributed by atoms with Crippen molar-refractivity contribution in [2.75, 3.05) is 6.61 Å². The van der Waals surface area contributed by atoms with Crippen LogP contribution in [0.4, 0.5) is 17.6 Å². The van der Waals surface area contributed by atoms with Crippen LogP contribution in [0.15, 0.2) is 21.6 Å². The van der Waals surface area contributed by atoms with Crippen LogP contribution in [0.1, 0.15) is 26.3 Å². The Labute approximate surface area is 133 Å². The van der Waals surface area contributed by atoms with E-state index in [2.05, 4.69) is 20.9 Å². The average Bonchev–Trinajstić information content (AvgIpc) is 2.44. The molecule has 122 valence electrons. The zero-order valence-electron chi connectivity index (χ0n) is 12.2. The van der Waals surface area contributed by atoms with E-state index in [1.807, 2.05) is 0 Å². The molecule has 2 N–H and O–H groups in total. The molecule has 8 heteroatoms. The molecule has 2 rings (SSSR count). The van der Waals surface area contributed by atoms with Gasteiger partial charge >= 0.3 is 5.92 Å². The van der Waals surface area contributed by atoms with E-state index in [1.165, 1.54) is 13.8 Å². The van der Waals surface area contributed by atoms with E-state index >= 15 is 0 Å². The second kappa shape index (κ2) is 5.19. The second-order valence-corrected chi connectivity index (χ2v) is 6.65. The fourth-order valence-electron chi connectivity index (χ4n) is 2.45. The Morgan fingerprint density at radius 2 is 1.77 bits per heavy atom. The molecule has 1 aromatic rings. The maximum absolute atomic E-state index is 15.0. The fourth-order valence-corrected chi connectivity index (χ4v) is 2.79. The van der Waals surface area contributed by atoms with E-state index < -0.39 is 34.3 Å². The summed E-state index contributed by atoms with van der Waals surface area (Å²) < 4.78 is 62.5. The summed E-state index contributed by atoms with van der Waals surface area (Å²) in [6.07, 6.45) is 0. The average molecular weight is 383 g/mol. The van der Waals surface area contributed by atoms with Crippen molar-refractivity contribution in [1.82, 2.24) is 0 Å². The van der Waals surface area contributed by atoms with Gasteiger partial charge in [0.05, 0.1) is 4.47 Å². The third-order valence-corrected chi connectivity index (χ3v) is 4.46. The number of nitrogens with zero attached hydrogens (tertiary/aromatic N) is 1. The van der Waals surface area contributed by atoms with Crippen molar-refractivity contribution in [3.63, 3.8) is 0 Å². The predicted molar refractivity (Wildman–Crippen MR) is 78.0 cm³/mol. The predicted octanol–water partition coefficient (Wildman–Crippen LogP) is 3.74. The van der Waals surface area contributed by atoms with Gasteiger partial charge in [0.2, 0.25) is 0 Å². The van der Waals surface area contributed by atoms with Crippen LogP contribution in [0.2, 0.25) is 0 Å². The Hall–Kier alpha value is -1.15. The van der Waals surface area contributed by atoms with Crippen LogP contribution < -0.4 is 5.73 Å². The van der Waals surface area contributed by atoms with Crippen LogP contribution in [0.5, 0.6) is 0 Å². The topological polar surface area (TPSA) is 47.6 Å². The summed E-state index contributed by atoms with van der Waals surface area (Å²) in [4.78, 5) is 3.79. The summed E-state index contributed by atoms with van der Waals surface area (Å²) in [5.74, 6) is -5.81. The van der Waals surface area contributed by atoms with Crippen molar-refractivity contribution >= 4 is 21.8 Å². The standard InChI is InChI=1S/C14H15BrF4N2O/c1-12(2)14(18,19)13(3,21-11(20)6-22-12)7-4-8(15)10(17)5-9(7)16/h4-5H,6H2,1-3H3,(H2,20,21)/t13-/m1/s1. The first kappa shape index (κ1) is 17.2. The molecule has 0 fully saturated rings. The Bertz CT molecular complexity index is 648. The monoisotopic (exact) mass is 382 g/mol. The molecule has 0 aromatic heterocycles. The van der Waals surface area contributed by atoms with E-state index in [4.69, 9.17) is 10.5 Å². The minimum atomic E-state index is -3.60. The molecule has 22 heavy (non-hydrogen) atoms. The number of nitrogens with two attached hydrogens (primary N) is 1. The summed E-state index contributed by atoms with van der Waals surface area (Å²) in [6, 6.07) is 1.49. The summed E-state index contributed by atoms with van der Waals surface area (Å²) in [6.45, 7) is 3.10. The summed E-state index contributed by atoms with van der Waals surface area (Å²) >= 11 is 2.87. The lowest BCUT2D eigenvalue weighted by molar-refractivity contribution is -0.214. The van der Waals surface area contributed by atoms with Gasteiger partial charge in [0, 0.05) is 11.6 Å². The summed E-state index contributed by atoms with van der Waals surface area (Å²) in [5.41, 5.74) is 0.845. The summed E-state index contributed by atoms with van der Waals surface area (Å²) in [5, 5.41) is 0. The maximum atomic E-state index is 15.0. The van der Waals surface area contributed by atoms with E-state index in [9.17, 15) is 17.6 Å². The molecule has 0 saturated carbocycles. The van der Waals surface area contributed by atoms with Gasteiger partial charge in [-0.2, -0.15) is 0 Å². The molecule has 1 heterocycles. The zero-order chi connectivity index (χ0) is 16.9. The molecule has 0 bridgehead atoms. The lowest BCUT2D eigenvalue weighted by Gasteiger charge is -2.41. The van der Waals surface area contributed by atoms with Crippen molar-refractivity contribution in [3.05, 3.63) is 33.8 Å². The molecule has 0 spiro atoms. The van der Waals surface area contributed by atoms with Crippen LogP contribution >= 0.6 is 15.9 Å². The maximum Gasteiger partial charge on any atom is 0.304 e. The normalized spacial score (nSPS) is 27.2. The highest BCUT2D eigenvalue weighted by molar-refractivity contribution is 9.10. The Morgan fingerprint density at radius 3 is 2.36 bits per heavy atom. The van der Waals surface area contributed by atoms with Crippen molar-refractivity contribution in [2.45, 2.75) is 37.8 Å². The molecule has 0 radical (unpaired) electrons. The molecular formula is C14H15BrF4N2O. The first-order valence-electron chi connectivity index (χ1n) is 6.43. The number of benzene rings is 1. The minimum absolute atomic E-state index is 0.141. The number of hydrogen-bond donors (Lipinski definition) is 1. The van der Waals surface area contributed by atoms with Crippen molar-refractivity contribution < 1.29 is 22.3 Å². The van der Waals surface area contributed by atoms with E-state index in [-0.39, 0.29) is 16.9 Å². The minimum Gasteiger partial charge on any atom is -0.385 e. The van der Waals surface area contributed by atoms with Gasteiger partial charge in [-0.15, -0.1) is 0 Å². The third kappa shape index (κ3) is 2.42. The van der Waals surface area contributed by atoms with Gasteiger partial charge in [0.1, 0.15) is 29.7 Å². The largest absolute Gasteiger partial charge is 0.385 e. The first-order valence-corrected chi connectivity index (χ1v) is 7.22. The molecule has 3 nitrogen and oxygen atoms in total. The van der Waals surface area contributed by atoms with Crippen LogP contribution in [-0.4, -0.2) is 24.0 Å². The molecule has 1 aliphatic rings. The summed E-state index contributed by atoms with van der Waals surface area (Å²) in [7, 11) is 0. The number of halogens is 5. The van der Waals surface area contributed by atoms with Gasteiger partial charge < -0.3 is 10.5 Å². The molecule has 0 aliphatic carbocycles. The smallest absolute Gasteiger partial charge is 0.304 e. The quantitative estimate of drug-likeness (QED) is 0.593. The molecule has 0 unspecified atom stereocenters. The first-order chi connectivity index (χ1) is 9.92. The van der Waals surface area contributed by atoms with Gasteiger partial charge in [0.25, 0.3) is 0 Å². The van der Waals surface area contributed by atoms with E-state index in [0.29, 0.717) is 6.07 Å². The van der Waals surface area contributed by atoms with Crippen molar-refractivity contribution in [2.24, 2.45) is 10.7 Å². The van der Waals surface area contributed by atoms with Gasteiger partial charge in [-0.25, -0.2) is 17.6 Å². The highest BCUT2D eigenvalue weighted by atomic mass is 79.9. The second-order valence-electron chi connectivity index (χ2n) is 5.79. The Balaban J connectivity index is 2.77. The lowest BCUT2D eigenvalue weighted by Crippen LogP contribution is -2.56. The number of ether oxygens (including phenoxy) is 1. The number of hydrogen-bond acceptors (Lipinski definition) is 3. The molecular weight excluding hydrogens is 368 g/mol. The van der Waals surface area contributed by atoms with E-state index in [0.717, 1.165) is 13.0 Å². The van der Waals surface area contributed by atoms with Gasteiger partial charge in [-0.3, -0.25) is 4.99 Å². The van der Waals surface area contributed by atoms with Crippen LogP contribution in [0, 0.1) is 11.6 Å². The highest BCUT2D eigenvalue weighted by Gasteiger charge is 2.64. The molecule has 1 atom stereocenters. The Kier molecular flexibility index (Phi) is 4.06. The number of rotatable bonds is 1. The lowest BCUT2D eigenvalue weighted by atomic mass is 9.78. The van der Waals surface area contributed by atoms with Crippen LogP contribution in [0.3, 0.4) is 0 Å². The highest BCUT2D eigenvalue weighted by Crippen LogP contribution is 2.50. The fraction of sp³-hybridized carbons (Fsp3) is 0.500. The van der Waals surface area contributed by atoms with Gasteiger partial charge in [-0.05, 0) is 42.8 Å².